The van der Waals surface area contributed by atoms with Crippen LogP contribution >= 0.6 is 0 Å². The van der Waals surface area contributed by atoms with E-state index >= 15 is 0 Å². The Morgan fingerprint density at radius 3 is 3.10 bits per heavy atom. The molecule has 1 rings (SSSR count). The Morgan fingerprint density at radius 2 is 2.60 bits per heavy atom. The molecule has 0 saturated carbocycles. The van der Waals surface area contributed by atoms with E-state index in [2.05, 4.69) is 10.4 Å². The average Bonchev–Trinajstić information content (AvgIpc) is 2.05. The van der Waals surface area contributed by atoms with Crippen LogP contribution in [-0.4, -0.2) is 24.3 Å². The highest BCUT2D eigenvalue weighted by Crippen LogP contribution is 1.97. The topological polar surface area (TPSA) is 44.7 Å². The van der Waals surface area contributed by atoms with Gasteiger partial charge in [-0.05, 0) is 0 Å². The molecule has 0 spiro atoms. The number of hydrogen-bond acceptors (Lipinski definition) is 2. The molecule has 0 unspecified atom stereocenters. The maximum Gasteiger partial charge on any atom is 0.341 e. The smallest absolute Gasteiger partial charge is 0.339 e. The molecule has 1 aliphatic heterocycles. The number of hydrogen-bond donors (Lipinski definition) is 1. The normalized spacial score (nSPS) is 15.5. The summed E-state index contributed by atoms with van der Waals surface area (Å²) >= 11 is 0. The number of amides is 2. The quantitative estimate of drug-likeness (QED) is 0.522. The Bertz CT molecular complexity index is 173. The number of rotatable bonds is 0. The Hall–Kier alpha value is -1.32. The molecule has 0 aliphatic carbocycles. The molecular formula is C6H9N3O. The Kier molecular flexibility index (Phi) is 2.04. The van der Waals surface area contributed by atoms with Crippen LogP contribution in [-0.2, 0) is 0 Å². The van der Waals surface area contributed by atoms with Crippen molar-refractivity contribution < 1.29 is 4.79 Å². The van der Waals surface area contributed by atoms with Gasteiger partial charge >= 0.3 is 6.03 Å². The third kappa shape index (κ3) is 1.34. The van der Waals surface area contributed by atoms with Gasteiger partial charge in [0.2, 0.25) is 0 Å². The van der Waals surface area contributed by atoms with Crippen LogP contribution in [0.2, 0.25) is 0 Å². The van der Waals surface area contributed by atoms with Gasteiger partial charge < -0.3 is 5.32 Å². The monoisotopic (exact) mass is 139 g/mol. The van der Waals surface area contributed by atoms with Crippen molar-refractivity contribution in [3.63, 3.8) is 0 Å². The molecule has 10 heavy (non-hydrogen) atoms. The molecule has 54 valence electrons. The summed E-state index contributed by atoms with van der Waals surface area (Å²) in [5, 5.41) is 7.52. The average molecular weight is 139 g/mol. The minimum absolute atomic E-state index is 0.216. The van der Waals surface area contributed by atoms with Gasteiger partial charge in [0.15, 0.2) is 0 Å². The lowest BCUT2D eigenvalue weighted by molar-refractivity contribution is 0.218. The van der Waals surface area contributed by atoms with Gasteiger partial charge in [0.05, 0.1) is 0 Å². The van der Waals surface area contributed by atoms with E-state index in [9.17, 15) is 4.79 Å². The van der Waals surface area contributed by atoms with Crippen LogP contribution in [0.25, 0.3) is 0 Å². The lowest BCUT2D eigenvalue weighted by atomic mass is 10.4. The van der Waals surface area contributed by atoms with Gasteiger partial charge in [-0.15, -0.1) is 0 Å². The number of hydrazone groups is 1. The molecule has 0 aromatic carbocycles. The van der Waals surface area contributed by atoms with Crippen LogP contribution in [0.15, 0.2) is 17.4 Å². The number of nitrogens with one attached hydrogen (secondary N) is 1. The van der Waals surface area contributed by atoms with E-state index in [1.54, 1.807) is 19.5 Å². The van der Waals surface area contributed by atoms with Gasteiger partial charge in [-0.25, -0.2) is 4.79 Å². The second kappa shape index (κ2) is 3.00. The van der Waals surface area contributed by atoms with E-state index in [1.807, 2.05) is 6.08 Å². The molecule has 4 nitrogen and oxygen atoms in total. The van der Waals surface area contributed by atoms with Crippen molar-refractivity contribution in [2.45, 2.75) is 6.42 Å². The molecule has 1 N–H and O–H groups in total. The fourth-order valence-corrected chi connectivity index (χ4v) is 0.630. The van der Waals surface area contributed by atoms with Crippen molar-refractivity contribution in [1.29, 1.82) is 0 Å². The molecular weight excluding hydrogens is 130 g/mol. The second-order valence-corrected chi connectivity index (χ2v) is 1.82. The first kappa shape index (κ1) is 6.80. The fourth-order valence-electron chi connectivity index (χ4n) is 0.630. The van der Waals surface area contributed by atoms with Crippen molar-refractivity contribution in [1.82, 2.24) is 10.3 Å². The van der Waals surface area contributed by atoms with Gasteiger partial charge in [-0.1, -0.05) is 6.08 Å². The van der Waals surface area contributed by atoms with Gasteiger partial charge in [0.1, 0.15) is 0 Å². The predicted molar refractivity (Wildman–Crippen MR) is 38.5 cm³/mol. The highest BCUT2D eigenvalue weighted by atomic mass is 16.2. The van der Waals surface area contributed by atoms with E-state index in [-0.39, 0.29) is 6.03 Å². The second-order valence-electron chi connectivity index (χ2n) is 1.82. The van der Waals surface area contributed by atoms with Crippen LogP contribution in [0, 0.1) is 0 Å². The summed E-state index contributed by atoms with van der Waals surface area (Å²) in [5.41, 5.74) is 0. The van der Waals surface area contributed by atoms with Crippen molar-refractivity contribution >= 4 is 12.2 Å². The zero-order valence-electron chi connectivity index (χ0n) is 5.74. The van der Waals surface area contributed by atoms with Crippen LogP contribution in [0.5, 0.6) is 0 Å². The first-order valence-corrected chi connectivity index (χ1v) is 3.04. The molecule has 0 bridgehead atoms. The predicted octanol–water partition coefficient (Wildman–Crippen LogP) is 0.531. The van der Waals surface area contributed by atoms with Crippen molar-refractivity contribution in [3.8, 4) is 0 Å². The molecule has 1 heterocycles. The summed E-state index contributed by atoms with van der Waals surface area (Å²) in [7, 11) is 1.57. The number of carbonyl (C=O) groups excluding carboxylic acids is 1. The zero-order valence-corrected chi connectivity index (χ0v) is 5.74. The molecule has 0 radical (unpaired) electrons. The van der Waals surface area contributed by atoms with Crippen LogP contribution < -0.4 is 5.32 Å². The molecule has 0 atom stereocenters. The van der Waals surface area contributed by atoms with E-state index in [0.717, 1.165) is 6.42 Å². The van der Waals surface area contributed by atoms with Crippen LogP contribution in [0.1, 0.15) is 6.42 Å². The summed E-state index contributed by atoms with van der Waals surface area (Å²) in [4.78, 5) is 10.8. The standard InChI is InChI=1S/C6H9N3O/c1-7-6(10)9-5-3-2-4-8-9/h3-5H,2H2,1H3,(H,7,10). The maximum absolute atomic E-state index is 10.8. The summed E-state index contributed by atoms with van der Waals surface area (Å²) in [6.07, 6.45) is 5.98. The lowest BCUT2D eigenvalue weighted by Gasteiger charge is -2.12. The summed E-state index contributed by atoms with van der Waals surface area (Å²) < 4.78 is 0. The van der Waals surface area contributed by atoms with E-state index < -0.39 is 0 Å². The molecule has 2 amide bonds. The number of allylic oxidation sites excluding steroid dienone is 1. The van der Waals surface area contributed by atoms with Crippen LogP contribution in [0.4, 0.5) is 4.79 Å². The van der Waals surface area contributed by atoms with E-state index in [0.29, 0.717) is 0 Å². The van der Waals surface area contributed by atoms with Gasteiger partial charge in [0, 0.05) is 25.9 Å². The minimum Gasteiger partial charge on any atom is -0.339 e. The third-order valence-corrected chi connectivity index (χ3v) is 1.12. The largest absolute Gasteiger partial charge is 0.341 e. The molecule has 0 fully saturated rings. The zero-order chi connectivity index (χ0) is 7.40. The molecule has 0 aromatic heterocycles. The van der Waals surface area contributed by atoms with Crippen molar-refractivity contribution in [2.24, 2.45) is 5.10 Å². The fraction of sp³-hybridized carbons (Fsp3) is 0.333. The first-order chi connectivity index (χ1) is 4.84. The van der Waals surface area contributed by atoms with Gasteiger partial charge in [-0.3, -0.25) is 0 Å². The van der Waals surface area contributed by atoms with Gasteiger partial charge in [0.25, 0.3) is 0 Å². The maximum atomic E-state index is 10.8. The highest BCUT2D eigenvalue weighted by Gasteiger charge is 2.06. The Labute approximate surface area is 59.2 Å². The first-order valence-electron chi connectivity index (χ1n) is 3.04. The summed E-state index contributed by atoms with van der Waals surface area (Å²) in [6.45, 7) is 0. The summed E-state index contributed by atoms with van der Waals surface area (Å²) in [5.74, 6) is 0. The lowest BCUT2D eigenvalue weighted by Crippen LogP contribution is -2.31. The van der Waals surface area contributed by atoms with Crippen molar-refractivity contribution in [3.05, 3.63) is 12.3 Å². The van der Waals surface area contributed by atoms with E-state index in [1.165, 1.54) is 5.01 Å². The number of carbonyl (C=O) groups is 1. The molecule has 0 aromatic rings. The van der Waals surface area contributed by atoms with Crippen molar-refractivity contribution in [2.75, 3.05) is 7.05 Å². The summed E-state index contributed by atoms with van der Waals surface area (Å²) in [6, 6.07) is -0.216. The SMILES string of the molecule is CNC(=O)N1C=CCC=N1. The molecule has 4 heteroatoms. The highest BCUT2D eigenvalue weighted by molar-refractivity contribution is 5.76. The van der Waals surface area contributed by atoms with Gasteiger partial charge in [-0.2, -0.15) is 10.1 Å². The van der Waals surface area contributed by atoms with Crippen LogP contribution in [0.3, 0.4) is 0 Å². The Balaban J connectivity index is 2.55. The Morgan fingerprint density at radius 1 is 1.80 bits per heavy atom. The number of nitrogens with zero attached hydrogens (tertiary/aromatic N) is 2. The minimum atomic E-state index is -0.216. The molecule has 0 saturated heterocycles. The number of urea groups is 1. The third-order valence-electron chi connectivity index (χ3n) is 1.12. The molecule has 1 aliphatic rings. The van der Waals surface area contributed by atoms with E-state index in [4.69, 9.17) is 0 Å².